The molecule has 0 bridgehead atoms. The van der Waals surface area contributed by atoms with Gasteiger partial charge in [-0.05, 0) is 6.92 Å². The minimum Gasteiger partial charge on any atom is -0.379 e. The Kier molecular flexibility index (Phi) is 3.94. The average molecular weight is 238 g/mol. The van der Waals surface area contributed by atoms with E-state index >= 15 is 0 Å². The molecular weight excluding hydrogens is 220 g/mol. The molecule has 1 aliphatic rings. The van der Waals surface area contributed by atoms with Crippen LogP contribution in [-0.2, 0) is 4.74 Å². The van der Waals surface area contributed by atoms with Crippen LogP contribution in [0.1, 0.15) is 6.92 Å². The first kappa shape index (κ1) is 11.9. The van der Waals surface area contributed by atoms with Crippen molar-refractivity contribution in [2.45, 2.75) is 6.92 Å². The Hall–Kier alpha value is -1.60. The molecule has 1 aromatic heterocycles. The summed E-state index contributed by atoms with van der Waals surface area (Å²) in [6.07, 6.45) is 0. The number of ether oxygens (including phenoxy) is 1. The molecule has 7 nitrogen and oxygen atoms in total. The van der Waals surface area contributed by atoms with Gasteiger partial charge in [0.25, 0.3) is 0 Å². The minimum absolute atomic E-state index is 0.263. The van der Waals surface area contributed by atoms with Crippen LogP contribution < -0.4 is 16.5 Å². The van der Waals surface area contributed by atoms with Gasteiger partial charge < -0.3 is 21.2 Å². The van der Waals surface area contributed by atoms with Gasteiger partial charge in [-0.15, -0.1) is 0 Å². The maximum Gasteiger partial charge on any atom is 0.223 e. The van der Waals surface area contributed by atoms with Gasteiger partial charge in [0.15, 0.2) is 0 Å². The fourth-order valence-electron chi connectivity index (χ4n) is 1.63. The highest BCUT2D eigenvalue weighted by molar-refractivity contribution is 5.50. The molecule has 0 saturated carbocycles. The Morgan fingerprint density at radius 1 is 1.35 bits per heavy atom. The number of hydrazine groups is 1. The van der Waals surface area contributed by atoms with E-state index in [2.05, 4.69) is 25.7 Å². The lowest BCUT2D eigenvalue weighted by atomic mass is 10.5. The number of nitrogen functional groups attached to an aromatic ring is 1. The first-order valence-corrected chi connectivity index (χ1v) is 5.75. The number of rotatable bonds is 4. The van der Waals surface area contributed by atoms with Crippen molar-refractivity contribution in [3.05, 3.63) is 6.07 Å². The van der Waals surface area contributed by atoms with Crippen molar-refractivity contribution in [3.8, 4) is 0 Å². The molecule has 2 heterocycles. The molecule has 2 rings (SSSR count). The molecule has 0 aromatic carbocycles. The Bertz CT molecular complexity index is 366. The zero-order valence-corrected chi connectivity index (χ0v) is 9.94. The van der Waals surface area contributed by atoms with E-state index in [9.17, 15) is 0 Å². The van der Waals surface area contributed by atoms with Gasteiger partial charge in [-0.1, -0.05) is 0 Å². The van der Waals surface area contributed by atoms with Crippen molar-refractivity contribution in [1.29, 1.82) is 0 Å². The Morgan fingerprint density at radius 3 is 2.76 bits per heavy atom. The van der Waals surface area contributed by atoms with Crippen molar-refractivity contribution >= 4 is 17.6 Å². The maximum atomic E-state index is 5.65. The van der Waals surface area contributed by atoms with E-state index in [1.165, 1.54) is 0 Å². The first-order chi connectivity index (χ1) is 8.28. The van der Waals surface area contributed by atoms with Crippen LogP contribution in [0.5, 0.6) is 0 Å². The molecule has 7 heteroatoms. The number of morpholine rings is 1. The van der Waals surface area contributed by atoms with Crippen molar-refractivity contribution in [1.82, 2.24) is 15.0 Å². The van der Waals surface area contributed by atoms with E-state index < -0.39 is 0 Å². The third-order valence-corrected chi connectivity index (χ3v) is 2.39. The highest BCUT2D eigenvalue weighted by Crippen LogP contribution is 2.13. The highest BCUT2D eigenvalue weighted by atomic mass is 16.5. The van der Waals surface area contributed by atoms with Crippen LogP contribution in [0.15, 0.2) is 6.07 Å². The molecule has 17 heavy (non-hydrogen) atoms. The van der Waals surface area contributed by atoms with Crippen molar-refractivity contribution < 1.29 is 4.74 Å². The summed E-state index contributed by atoms with van der Waals surface area (Å²) in [4.78, 5) is 8.23. The van der Waals surface area contributed by atoms with Gasteiger partial charge in [-0.3, -0.25) is 0 Å². The molecule has 0 amide bonds. The monoisotopic (exact) mass is 238 g/mol. The SMILES string of the molecule is CCNc1cc(NN2CCOCC2)nc(N)n1. The van der Waals surface area contributed by atoms with Gasteiger partial charge in [-0.2, -0.15) is 9.97 Å². The van der Waals surface area contributed by atoms with E-state index in [1.54, 1.807) is 0 Å². The van der Waals surface area contributed by atoms with Crippen molar-refractivity contribution in [3.63, 3.8) is 0 Å². The van der Waals surface area contributed by atoms with Crippen LogP contribution in [0.2, 0.25) is 0 Å². The number of hydrogen-bond acceptors (Lipinski definition) is 7. The lowest BCUT2D eigenvalue weighted by Gasteiger charge is -2.27. The molecule has 1 aromatic rings. The standard InChI is InChI=1S/C10H18N6O/c1-2-12-8-7-9(14-10(11)13-8)15-16-3-5-17-6-4-16/h7H,2-6H2,1H3,(H4,11,12,13,14,15). The zero-order chi connectivity index (χ0) is 12.1. The Balaban J connectivity index is 2.03. The van der Waals surface area contributed by atoms with Crippen LogP contribution in [-0.4, -0.2) is 47.8 Å². The summed E-state index contributed by atoms with van der Waals surface area (Å²) in [5.41, 5.74) is 8.85. The smallest absolute Gasteiger partial charge is 0.223 e. The van der Waals surface area contributed by atoms with Crippen LogP contribution in [0.3, 0.4) is 0 Å². The van der Waals surface area contributed by atoms with Gasteiger partial charge >= 0.3 is 0 Å². The number of aromatic nitrogens is 2. The molecule has 1 saturated heterocycles. The maximum absolute atomic E-state index is 5.65. The number of anilines is 3. The van der Waals surface area contributed by atoms with E-state index in [-0.39, 0.29) is 5.95 Å². The molecule has 0 atom stereocenters. The lowest BCUT2D eigenvalue weighted by molar-refractivity contribution is 0.0495. The number of nitrogens with two attached hydrogens (primary N) is 1. The second-order valence-corrected chi connectivity index (χ2v) is 3.74. The summed E-state index contributed by atoms with van der Waals surface area (Å²) in [7, 11) is 0. The van der Waals surface area contributed by atoms with E-state index in [0.717, 1.165) is 38.7 Å². The van der Waals surface area contributed by atoms with Crippen molar-refractivity contribution in [2.24, 2.45) is 0 Å². The van der Waals surface area contributed by atoms with Gasteiger partial charge in [0.2, 0.25) is 5.95 Å². The molecule has 1 fully saturated rings. The van der Waals surface area contributed by atoms with E-state index in [0.29, 0.717) is 5.82 Å². The summed E-state index contributed by atoms with van der Waals surface area (Å²) in [5.74, 6) is 1.70. The van der Waals surface area contributed by atoms with Crippen LogP contribution in [0, 0.1) is 0 Å². The van der Waals surface area contributed by atoms with Crippen molar-refractivity contribution in [2.75, 3.05) is 49.3 Å². The predicted molar refractivity (Wildman–Crippen MR) is 66.6 cm³/mol. The molecule has 0 aliphatic carbocycles. The second kappa shape index (κ2) is 5.65. The third kappa shape index (κ3) is 3.43. The predicted octanol–water partition coefficient (Wildman–Crippen LogP) is 0.150. The van der Waals surface area contributed by atoms with Crippen LogP contribution >= 0.6 is 0 Å². The summed E-state index contributed by atoms with van der Waals surface area (Å²) < 4.78 is 5.27. The number of nitrogens with zero attached hydrogens (tertiary/aromatic N) is 3. The molecule has 0 radical (unpaired) electrons. The van der Waals surface area contributed by atoms with Crippen LogP contribution in [0.4, 0.5) is 17.6 Å². The van der Waals surface area contributed by atoms with E-state index in [1.807, 2.05) is 13.0 Å². The molecular formula is C10H18N6O. The fraction of sp³-hybridized carbons (Fsp3) is 0.600. The quantitative estimate of drug-likeness (QED) is 0.688. The Morgan fingerprint density at radius 2 is 2.06 bits per heavy atom. The highest BCUT2D eigenvalue weighted by Gasteiger charge is 2.11. The van der Waals surface area contributed by atoms with Crippen LogP contribution in [0.25, 0.3) is 0 Å². The van der Waals surface area contributed by atoms with Gasteiger partial charge in [0.05, 0.1) is 13.2 Å². The summed E-state index contributed by atoms with van der Waals surface area (Å²) in [6, 6.07) is 1.84. The molecule has 4 N–H and O–H groups in total. The largest absolute Gasteiger partial charge is 0.379 e. The number of hydrogen-bond donors (Lipinski definition) is 3. The minimum atomic E-state index is 0.263. The molecule has 94 valence electrons. The topological polar surface area (TPSA) is 88.3 Å². The third-order valence-electron chi connectivity index (χ3n) is 2.39. The average Bonchev–Trinajstić information content (AvgIpc) is 2.30. The number of nitrogens with one attached hydrogen (secondary N) is 2. The first-order valence-electron chi connectivity index (χ1n) is 5.75. The Labute approximate surface area is 100 Å². The normalized spacial score (nSPS) is 16.8. The fourth-order valence-corrected chi connectivity index (χ4v) is 1.63. The van der Waals surface area contributed by atoms with E-state index in [4.69, 9.17) is 10.5 Å². The molecule has 0 unspecified atom stereocenters. The summed E-state index contributed by atoms with van der Waals surface area (Å²) in [5, 5.41) is 5.17. The summed E-state index contributed by atoms with van der Waals surface area (Å²) in [6.45, 7) is 5.93. The van der Waals surface area contributed by atoms with Gasteiger partial charge in [-0.25, -0.2) is 5.01 Å². The van der Waals surface area contributed by atoms with Gasteiger partial charge in [0.1, 0.15) is 11.6 Å². The molecule has 0 spiro atoms. The lowest BCUT2D eigenvalue weighted by Crippen LogP contribution is -2.40. The molecule has 1 aliphatic heterocycles. The zero-order valence-electron chi connectivity index (χ0n) is 9.94. The van der Waals surface area contributed by atoms with Gasteiger partial charge in [0, 0.05) is 25.7 Å². The second-order valence-electron chi connectivity index (χ2n) is 3.74. The summed E-state index contributed by atoms with van der Waals surface area (Å²) >= 11 is 0.